The van der Waals surface area contributed by atoms with Crippen LogP contribution in [-0.2, 0) is 11.2 Å². The molecule has 0 radical (unpaired) electrons. The van der Waals surface area contributed by atoms with Crippen LogP contribution in [0.25, 0.3) is 11.1 Å². The monoisotopic (exact) mass is 508 g/mol. The second-order valence-corrected chi connectivity index (χ2v) is 9.63. The molecule has 1 atom stereocenters. The number of hydrogen-bond donors (Lipinski definition) is 2. The van der Waals surface area contributed by atoms with Gasteiger partial charge in [-0.1, -0.05) is 72.8 Å². The fourth-order valence-corrected chi connectivity index (χ4v) is 5.03. The van der Waals surface area contributed by atoms with E-state index in [4.69, 9.17) is 5.73 Å². The molecule has 0 unspecified atom stereocenters. The molecule has 1 saturated heterocycles. The first kappa shape index (κ1) is 26.9. The molecule has 1 aliphatic rings. The number of likely N-dealkylation sites (tertiary alicyclic amines) is 1. The van der Waals surface area contributed by atoms with E-state index in [-0.39, 0.29) is 17.9 Å². The van der Waals surface area contributed by atoms with Gasteiger partial charge in [-0.15, -0.1) is 4.99 Å². The minimum atomic E-state index is -0.165. The van der Waals surface area contributed by atoms with E-state index in [1.54, 1.807) is 0 Å². The topological polar surface area (TPSA) is 97.7 Å². The number of rotatable bonds is 11. The van der Waals surface area contributed by atoms with E-state index in [9.17, 15) is 10.1 Å². The molecule has 1 heterocycles. The number of nitrogens with two attached hydrogens (primary N) is 1. The average Bonchev–Trinajstić information content (AvgIpc) is 3.47. The lowest BCUT2D eigenvalue weighted by atomic mass is 9.98. The van der Waals surface area contributed by atoms with Crippen molar-refractivity contribution in [2.24, 2.45) is 10.7 Å². The van der Waals surface area contributed by atoms with Crippen LogP contribution in [0.1, 0.15) is 31.2 Å². The zero-order valence-corrected chi connectivity index (χ0v) is 21.8. The van der Waals surface area contributed by atoms with Crippen molar-refractivity contribution in [1.29, 1.82) is 5.26 Å². The molecule has 0 spiro atoms. The van der Waals surface area contributed by atoms with Crippen LogP contribution in [0.4, 0.5) is 5.69 Å². The van der Waals surface area contributed by atoms with Gasteiger partial charge in [0.2, 0.25) is 18.1 Å². The van der Waals surface area contributed by atoms with E-state index in [1.165, 1.54) is 12.8 Å². The SMILES string of the molecule is N#CN=C(N)N(c1ccc(-c2ccccc2)cc1)[C@@H](CCC(=O)NCCN1CCCC1)Cc1ccccc1. The number of carbonyl (C=O) groups is 1. The molecule has 1 fully saturated rings. The van der Waals surface area contributed by atoms with Crippen molar-refractivity contribution < 1.29 is 4.79 Å². The predicted octanol–water partition coefficient (Wildman–Crippen LogP) is 4.56. The molecule has 0 saturated carbocycles. The number of nitrogens with zero attached hydrogens (tertiary/aromatic N) is 4. The first-order chi connectivity index (χ1) is 18.6. The zero-order valence-electron chi connectivity index (χ0n) is 21.8. The summed E-state index contributed by atoms with van der Waals surface area (Å²) in [6.45, 7) is 3.78. The van der Waals surface area contributed by atoms with Crippen LogP contribution in [0.2, 0.25) is 0 Å². The quantitative estimate of drug-likeness (QED) is 0.225. The van der Waals surface area contributed by atoms with Gasteiger partial charge in [0.25, 0.3) is 0 Å². The standard InChI is InChI=1S/C31H36N6O/c32-24-35-31(33)37(28-15-13-27(14-16-28)26-11-5-2-6-12-26)29(23-25-9-3-1-4-10-25)17-18-30(38)34-19-22-36-20-7-8-21-36/h1-6,9-16,29H,7-8,17-23H2,(H2,33,35)(H,34,38)/t29-/m0/s1. The minimum Gasteiger partial charge on any atom is -0.369 e. The normalized spacial score (nSPS) is 14.6. The lowest BCUT2D eigenvalue weighted by Crippen LogP contribution is -2.46. The molecule has 4 rings (SSSR count). The molecule has 0 bridgehead atoms. The summed E-state index contributed by atoms with van der Waals surface area (Å²) in [4.78, 5) is 20.9. The average molecular weight is 509 g/mol. The predicted molar refractivity (Wildman–Crippen MR) is 153 cm³/mol. The van der Waals surface area contributed by atoms with Crippen molar-refractivity contribution in [2.45, 2.75) is 38.1 Å². The fraction of sp³-hybridized carbons (Fsp3) is 0.323. The molecule has 0 aromatic heterocycles. The molecule has 1 aliphatic heterocycles. The van der Waals surface area contributed by atoms with Gasteiger partial charge in [-0.3, -0.25) is 4.79 Å². The highest BCUT2D eigenvalue weighted by Crippen LogP contribution is 2.26. The summed E-state index contributed by atoms with van der Waals surface area (Å²) in [5, 5.41) is 12.4. The Morgan fingerprint density at radius 2 is 1.61 bits per heavy atom. The van der Waals surface area contributed by atoms with Gasteiger partial charge < -0.3 is 20.9 Å². The molecule has 0 aliphatic carbocycles. The van der Waals surface area contributed by atoms with Crippen LogP contribution in [0, 0.1) is 11.5 Å². The van der Waals surface area contributed by atoms with Crippen LogP contribution in [-0.4, -0.2) is 49.0 Å². The molecule has 3 aromatic carbocycles. The number of benzene rings is 3. The number of anilines is 1. The summed E-state index contributed by atoms with van der Waals surface area (Å²) in [5.41, 5.74) is 10.5. The third kappa shape index (κ3) is 7.67. The molecule has 7 heteroatoms. The second-order valence-electron chi connectivity index (χ2n) is 9.63. The number of hydrogen-bond acceptors (Lipinski definition) is 4. The summed E-state index contributed by atoms with van der Waals surface area (Å²) >= 11 is 0. The zero-order chi connectivity index (χ0) is 26.6. The van der Waals surface area contributed by atoms with Gasteiger partial charge in [-0.2, -0.15) is 5.26 Å². The van der Waals surface area contributed by atoms with E-state index in [0.717, 1.165) is 42.0 Å². The van der Waals surface area contributed by atoms with E-state index in [0.29, 0.717) is 25.8 Å². The number of amides is 1. The first-order valence-corrected chi connectivity index (χ1v) is 13.3. The van der Waals surface area contributed by atoms with Crippen LogP contribution < -0.4 is 16.0 Å². The Labute approximate surface area is 225 Å². The van der Waals surface area contributed by atoms with E-state index in [1.807, 2.05) is 71.8 Å². The van der Waals surface area contributed by atoms with Crippen molar-refractivity contribution >= 4 is 17.6 Å². The van der Waals surface area contributed by atoms with Gasteiger partial charge in [0.15, 0.2) is 0 Å². The number of nitrogens with one attached hydrogen (secondary N) is 1. The van der Waals surface area contributed by atoms with Crippen molar-refractivity contribution in [2.75, 3.05) is 31.1 Å². The van der Waals surface area contributed by atoms with Crippen molar-refractivity contribution in [3.05, 3.63) is 90.5 Å². The van der Waals surface area contributed by atoms with Crippen LogP contribution >= 0.6 is 0 Å². The lowest BCUT2D eigenvalue weighted by Gasteiger charge is -2.33. The Kier molecular flexibility index (Phi) is 9.89. The Morgan fingerprint density at radius 1 is 0.974 bits per heavy atom. The number of guanidine groups is 1. The van der Waals surface area contributed by atoms with Crippen molar-refractivity contribution in [3.8, 4) is 17.3 Å². The summed E-state index contributed by atoms with van der Waals surface area (Å²) in [5.74, 6) is 0.146. The van der Waals surface area contributed by atoms with E-state index in [2.05, 4.69) is 39.5 Å². The minimum absolute atomic E-state index is 0.0254. The molecular weight excluding hydrogens is 472 g/mol. The summed E-state index contributed by atoms with van der Waals surface area (Å²) in [6, 6.07) is 28.2. The van der Waals surface area contributed by atoms with Gasteiger partial charge in [0, 0.05) is 31.2 Å². The highest BCUT2D eigenvalue weighted by atomic mass is 16.1. The fourth-order valence-electron chi connectivity index (χ4n) is 5.03. The third-order valence-electron chi connectivity index (χ3n) is 7.00. The smallest absolute Gasteiger partial charge is 0.220 e. The highest BCUT2D eigenvalue weighted by molar-refractivity contribution is 5.96. The summed E-state index contributed by atoms with van der Waals surface area (Å²) in [6.07, 6.45) is 5.88. The van der Waals surface area contributed by atoms with Crippen LogP contribution in [0.3, 0.4) is 0 Å². The highest BCUT2D eigenvalue weighted by Gasteiger charge is 2.24. The van der Waals surface area contributed by atoms with Crippen molar-refractivity contribution in [3.63, 3.8) is 0 Å². The lowest BCUT2D eigenvalue weighted by molar-refractivity contribution is -0.121. The van der Waals surface area contributed by atoms with Crippen LogP contribution in [0.5, 0.6) is 0 Å². The molecule has 1 amide bonds. The Morgan fingerprint density at radius 3 is 2.26 bits per heavy atom. The Balaban J connectivity index is 1.52. The number of carbonyl (C=O) groups excluding carboxylic acids is 1. The molecule has 3 aromatic rings. The van der Waals surface area contributed by atoms with Gasteiger partial charge in [-0.25, -0.2) is 0 Å². The molecule has 7 nitrogen and oxygen atoms in total. The maximum absolute atomic E-state index is 12.8. The Hall–Kier alpha value is -4.15. The summed E-state index contributed by atoms with van der Waals surface area (Å²) < 4.78 is 0. The van der Waals surface area contributed by atoms with Crippen molar-refractivity contribution in [1.82, 2.24) is 10.2 Å². The first-order valence-electron chi connectivity index (χ1n) is 13.3. The number of nitriles is 1. The maximum Gasteiger partial charge on any atom is 0.220 e. The van der Waals surface area contributed by atoms with Crippen LogP contribution in [0.15, 0.2) is 89.9 Å². The number of aliphatic imine (C=N–C) groups is 1. The van der Waals surface area contributed by atoms with E-state index < -0.39 is 0 Å². The van der Waals surface area contributed by atoms with E-state index >= 15 is 0 Å². The van der Waals surface area contributed by atoms with Gasteiger partial charge >= 0.3 is 0 Å². The largest absolute Gasteiger partial charge is 0.369 e. The Bertz CT molecular complexity index is 1210. The molecular formula is C31H36N6O. The van der Waals surface area contributed by atoms with Gasteiger partial charge in [0.05, 0.1) is 0 Å². The van der Waals surface area contributed by atoms with Gasteiger partial charge in [-0.05, 0) is 67.6 Å². The van der Waals surface area contributed by atoms with Gasteiger partial charge in [0.1, 0.15) is 0 Å². The summed E-state index contributed by atoms with van der Waals surface area (Å²) in [7, 11) is 0. The maximum atomic E-state index is 12.8. The molecule has 38 heavy (non-hydrogen) atoms. The second kappa shape index (κ2) is 14.0. The third-order valence-corrected chi connectivity index (χ3v) is 7.00. The molecule has 3 N–H and O–H groups in total. The molecule has 196 valence electrons.